The van der Waals surface area contributed by atoms with Gasteiger partial charge in [0.15, 0.2) is 0 Å². The lowest BCUT2D eigenvalue weighted by Gasteiger charge is -2.23. The van der Waals surface area contributed by atoms with Crippen LogP contribution in [0.4, 0.5) is 0 Å². The molecule has 1 amide bonds. The van der Waals surface area contributed by atoms with Gasteiger partial charge in [0, 0.05) is 18.3 Å². The molecule has 86 valence electrons. The molecule has 0 saturated carbocycles. The van der Waals surface area contributed by atoms with Crippen LogP contribution in [0.25, 0.3) is 0 Å². The summed E-state index contributed by atoms with van der Waals surface area (Å²) in [5.41, 5.74) is 0. The summed E-state index contributed by atoms with van der Waals surface area (Å²) >= 11 is 1.96. The Morgan fingerprint density at radius 1 is 1.60 bits per heavy atom. The number of hydrogen-bond acceptors (Lipinski definition) is 4. The summed E-state index contributed by atoms with van der Waals surface area (Å²) < 4.78 is 5.25. The first-order valence-corrected chi connectivity index (χ1v) is 6.61. The van der Waals surface area contributed by atoms with Gasteiger partial charge in [0.2, 0.25) is 5.91 Å². The smallest absolute Gasteiger partial charge is 0.239 e. The van der Waals surface area contributed by atoms with Gasteiger partial charge in [-0.1, -0.05) is 0 Å². The van der Waals surface area contributed by atoms with E-state index in [2.05, 4.69) is 10.6 Å². The van der Waals surface area contributed by atoms with Gasteiger partial charge in [-0.2, -0.15) is 11.8 Å². The summed E-state index contributed by atoms with van der Waals surface area (Å²) in [5, 5.41) is 6.77. The minimum atomic E-state index is -0.148. The maximum Gasteiger partial charge on any atom is 0.239 e. The van der Waals surface area contributed by atoms with E-state index < -0.39 is 0 Å². The number of carbonyl (C=O) groups is 1. The number of amides is 1. The van der Waals surface area contributed by atoms with E-state index in [0.29, 0.717) is 18.5 Å². The fourth-order valence-electron chi connectivity index (χ4n) is 1.88. The molecule has 0 aliphatic carbocycles. The molecule has 0 spiro atoms. The van der Waals surface area contributed by atoms with Gasteiger partial charge in [-0.3, -0.25) is 4.79 Å². The first-order chi connectivity index (χ1) is 7.36. The Balaban J connectivity index is 1.66. The minimum absolute atomic E-state index is 0.0854. The maximum absolute atomic E-state index is 11.7. The fraction of sp³-hybridized carbons (Fsp3) is 0.900. The second kappa shape index (κ2) is 5.72. The van der Waals surface area contributed by atoms with Crippen LogP contribution in [0.15, 0.2) is 0 Å². The third-order valence-corrected chi connectivity index (χ3v) is 4.16. The predicted octanol–water partition coefficient (Wildman–Crippen LogP) is -0.0134. The number of hydrogen-bond donors (Lipinski definition) is 2. The molecule has 2 rings (SSSR count). The molecule has 0 aromatic carbocycles. The molecule has 2 unspecified atom stereocenters. The summed E-state index contributed by atoms with van der Waals surface area (Å²) in [6.45, 7) is 2.80. The molecular weight excluding hydrogens is 212 g/mol. The molecule has 2 N–H and O–H groups in total. The molecule has 2 saturated heterocycles. The van der Waals surface area contributed by atoms with Crippen molar-refractivity contribution in [2.24, 2.45) is 0 Å². The van der Waals surface area contributed by atoms with Gasteiger partial charge >= 0.3 is 0 Å². The first-order valence-electron chi connectivity index (χ1n) is 5.57. The Bertz CT molecular complexity index is 213. The molecule has 15 heavy (non-hydrogen) atoms. The number of thioether (sulfide) groups is 1. The zero-order valence-corrected chi connectivity index (χ0v) is 9.65. The highest BCUT2D eigenvalue weighted by atomic mass is 32.2. The van der Waals surface area contributed by atoms with E-state index in [-0.39, 0.29) is 11.9 Å². The highest BCUT2D eigenvalue weighted by Gasteiger charge is 2.22. The fourth-order valence-corrected chi connectivity index (χ4v) is 3.08. The van der Waals surface area contributed by atoms with Crippen molar-refractivity contribution in [1.82, 2.24) is 10.6 Å². The summed E-state index contributed by atoms with van der Waals surface area (Å²) in [5.74, 6) is 1.33. The molecule has 5 heteroatoms. The van der Waals surface area contributed by atoms with E-state index >= 15 is 0 Å². The van der Waals surface area contributed by atoms with Crippen molar-refractivity contribution in [3.05, 3.63) is 0 Å². The van der Waals surface area contributed by atoms with E-state index in [1.807, 2.05) is 11.8 Å². The highest BCUT2D eigenvalue weighted by molar-refractivity contribution is 8.00. The molecule has 0 aromatic heterocycles. The monoisotopic (exact) mass is 230 g/mol. The number of nitrogens with one attached hydrogen (secondary N) is 2. The number of rotatable bonds is 3. The average Bonchev–Trinajstić information content (AvgIpc) is 2.80. The van der Waals surface area contributed by atoms with Crippen molar-refractivity contribution < 1.29 is 9.53 Å². The van der Waals surface area contributed by atoms with E-state index in [4.69, 9.17) is 4.74 Å². The van der Waals surface area contributed by atoms with Crippen LogP contribution < -0.4 is 10.6 Å². The van der Waals surface area contributed by atoms with Crippen LogP contribution in [-0.2, 0) is 9.53 Å². The highest BCUT2D eigenvalue weighted by Crippen LogP contribution is 2.25. The Kier molecular flexibility index (Phi) is 4.29. The van der Waals surface area contributed by atoms with E-state index in [1.54, 1.807) is 0 Å². The molecule has 2 fully saturated rings. The van der Waals surface area contributed by atoms with E-state index in [9.17, 15) is 4.79 Å². The lowest BCUT2D eigenvalue weighted by atomic mass is 10.2. The van der Waals surface area contributed by atoms with Crippen molar-refractivity contribution in [1.29, 1.82) is 0 Å². The second-order valence-corrected chi connectivity index (χ2v) is 5.37. The Morgan fingerprint density at radius 3 is 3.20 bits per heavy atom. The molecule has 2 aliphatic rings. The van der Waals surface area contributed by atoms with Gasteiger partial charge in [0.25, 0.3) is 0 Å². The molecular formula is C10H18N2O2S. The number of carbonyl (C=O) groups excluding carboxylic acids is 1. The van der Waals surface area contributed by atoms with Crippen LogP contribution in [0.2, 0.25) is 0 Å². The van der Waals surface area contributed by atoms with Gasteiger partial charge in [0.1, 0.15) is 6.04 Å². The molecule has 0 bridgehead atoms. The predicted molar refractivity (Wildman–Crippen MR) is 61.1 cm³/mol. The van der Waals surface area contributed by atoms with E-state index in [1.165, 1.54) is 18.6 Å². The first kappa shape index (κ1) is 11.2. The van der Waals surface area contributed by atoms with Crippen LogP contribution in [-0.4, -0.2) is 49.3 Å². The summed E-state index contributed by atoms with van der Waals surface area (Å²) in [6.07, 6.45) is 2.52. The standard InChI is InChI=1S/C10H18N2O2S/c13-10(9-7-14-4-3-11-9)12-6-8-2-1-5-15-8/h8-9,11H,1-7H2,(H,12,13). The topological polar surface area (TPSA) is 50.4 Å². The normalized spacial score (nSPS) is 31.5. The SMILES string of the molecule is O=C(NCC1CCCS1)C1COCCN1. The quantitative estimate of drug-likeness (QED) is 0.716. The van der Waals surface area contributed by atoms with Gasteiger partial charge < -0.3 is 15.4 Å². The van der Waals surface area contributed by atoms with Crippen LogP contribution in [0.3, 0.4) is 0 Å². The molecule has 0 aromatic rings. The summed E-state index contributed by atoms with van der Waals surface area (Å²) in [4.78, 5) is 11.7. The summed E-state index contributed by atoms with van der Waals surface area (Å²) in [7, 11) is 0. The third-order valence-electron chi connectivity index (χ3n) is 2.77. The van der Waals surface area contributed by atoms with Crippen LogP contribution in [0, 0.1) is 0 Å². The third kappa shape index (κ3) is 3.36. The van der Waals surface area contributed by atoms with Crippen LogP contribution in [0.1, 0.15) is 12.8 Å². The zero-order valence-electron chi connectivity index (χ0n) is 8.83. The van der Waals surface area contributed by atoms with Crippen LogP contribution in [0.5, 0.6) is 0 Å². The second-order valence-electron chi connectivity index (χ2n) is 3.96. The van der Waals surface area contributed by atoms with Crippen molar-refractivity contribution in [3.63, 3.8) is 0 Å². The van der Waals surface area contributed by atoms with Gasteiger partial charge in [0.05, 0.1) is 13.2 Å². The molecule has 4 nitrogen and oxygen atoms in total. The van der Waals surface area contributed by atoms with Crippen molar-refractivity contribution >= 4 is 17.7 Å². The lowest BCUT2D eigenvalue weighted by molar-refractivity contribution is -0.125. The van der Waals surface area contributed by atoms with Crippen molar-refractivity contribution in [3.8, 4) is 0 Å². The molecule has 2 atom stereocenters. The number of morpholine rings is 1. The average molecular weight is 230 g/mol. The van der Waals surface area contributed by atoms with Gasteiger partial charge in [-0.15, -0.1) is 0 Å². The van der Waals surface area contributed by atoms with Gasteiger partial charge in [-0.05, 0) is 18.6 Å². The minimum Gasteiger partial charge on any atom is -0.378 e. The Morgan fingerprint density at radius 2 is 2.53 bits per heavy atom. The molecule has 0 radical (unpaired) electrons. The molecule has 2 aliphatic heterocycles. The zero-order chi connectivity index (χ0) is 10.5. The maximum atomic E-state index is 11.7. The summed E-state index contributed by atoms with van der Waals surface area (Å²) in [6, 6.07) is -0.148. The van der Waals surface area contributed by atoms with E-state index in [0.717, 1.165) is 13.1 Å². The Hall–Kier alpha value is -0.260. The molecule has 2 heterocycles. The largest absolute Gasteiger partial charge is 0.378 e. The van der Waals surface area contributed by atoms with Crippen molar-refractivity contribution in [2.45, 2.75) is 24.1 Å². The Labute approximate surface area is 94.5 Å². The van der Waals surface area contributed by atoms with Crippen molar-refractivity contribution in [2.75, 3.05) is 32.1 Å². The van der Waals surface area contributed by atoms with Crippen LogP contribution >= 0.6 is 11.8 Å². The number of ether oxygens (including phenoxy) is 1. The van der Waals surface area contributed by atoms with Gasteiger partial charge in [-0.25, -0.2) is 0 Å². The lowest BCUT2D eigenvalue weighted by Crippen LogP contribution is -2.52.